The number of imidazole rings is 1. The Bertz CT molecular complexity index is 1460. The molecule has 3 aromatic heterocycles. The van der Waals surface area contributed by atoms with Crippen molar-refractivity contribution in [2.24, 2.45) is 0 Å². The Kier molecular flexibility index (Phi) is 4.68. The molecule has 5 N–H and O–H groups in total. The molecule has 5 rings (SSSR count). The minimum Gasteiger partial charge on any atom is -0.397 e. The van der Waals surface area contributed by atoms with Gasteiger partial charge in [0, 0.05) is 25.5 Å². The number of pyridine rings is 2. The fourth-order valence-electron chi connectivity index (χ4n) is 3.71. The first-order valence-electron chi connectivity index (χ1n) is 9.79. The van der Waals surface area contributed by atoms with Crippen molar-refractivity contribution in [1.82, 2.24) is 25.3 Å². The van der Waals surface area contributed by atoms with Gasteiger partial charge in [-0.2, -0.15) is 0 Å². The number of nitrogens with one attached hydrogen (secondary N) is 3. The predicted octanol–water partition coefficient (Wildman–Crippen LogP) is 3.48. The van der Waals surface area contributed by atoms with E-state index in [-0.39, 0.29) is 16.6 Å². The normalized spacial score (nSPS) is 11.4. The number of nitrogens with zero attached hydrogens (tertiary/aromatic N) is 2. The molecule has 5 aromatic rings. The van der Waals surface area contributed by atoms with Gasteiger partial charge in [0.15, 0.2) is 0 Å². The van der Waals surface area contributed by atoms with E-state index in [4.69, 9.17) is 5.73 Å². The Balaban J connectivity index is 1.47. The van der Waals surface area contributed by atoms with Gasteiger partial charge < -0.3 is 21.0 Å². The highest BCUT2D eigenvalue weighted by Crippen LogP contribution is 2.29. The molecular weight excluding hydrogens is 395 g/mol. The van der Waals surface area contributed by atoms with E-state index in [0.717, 1.165) is 16.6 Å². The maximum absolute atomic E-state index is 14.3. The van der Waals surface area contributed by atoms with Crippen LogP contribution in [0.5, 0.6) is 0 Å². The van der Waals surface area contributed by atoms with E-state index in [1.807, 2.05) is 36.5 Å². The van der Waals surface area contributed by atoms with Crippen LogP contribution in [0.25, 0.3) is 33.3 Å². The Morgan fingerprint density at radius 2 is 1.87 bits per heavy atom. The van der Waals surface area contributed by atoms with Crippen molar-refractivity contribution in [2.45, 2.75) is 13.1 Å². The second kappa shape index (κ2) is 7.66. The molecule has 0 atom stereocenters. The summed E-state index contributed by atoms with van der Waals surface area (Å²) in [4.78, 5) is 27.1. The first kappa shape index (κ1) is 19.0. The van der Waals surface area contributed by atoms with Crippen LogP contribution in [0.15, 0.2) is 65.7 Å². The molecule has 0 bridgehead atoms. The van der Waals surface area contributed by atoms with Gasteiger partial charge >= 0.3 is 0 Å². The topological polar surface area (TPSA) is 112 Å². The molecule has 7 nitrogen and oxygen atoms in total. The van der Waals surface area contributed by atoms with Crippen LogP contribution in [0.3, 0.4) is 0 Å². The van der Waals surface area contributed by atoms with E-state index in [9.17, 15) is 9.18 Å². The molecule has 0 amide bonds. The highest BCUT2D eigenvalue weighted by Gasteiger charge is 2.18. The lowest BCUT2D eigenvalue weighted by atomic mass is 10.1. The van der Waals surface area contributed by atoms with Gasteiger partial charge in [0.1, 0.15) is 17.2 Å². The number of aromatic amines is 2. The first-order valence-corrected chi connectivity index (χ1v) is 9.79. The minimum atomic E-state index is -0.495. The predicted molar refractivity (Wildman–Crippen MR) is 119 cm³/mol. The van der Waals surface area contributed by atoms with Gasteiger partial charge in [0.05, 0.1) is 27.6 Å². The van der Waals surface area contributed by atoms with Crippen LogP contribution in [0.4, 0.5) is 10.1 Å². The van der Waals surface area contributed by atoms with Crippen molar-refractivity contribution in [1.29, 1.82) is 0 Å². The molecule has 0 saturated heterocycles. The van der Waals surface area contributed by atoms with Crippen LogP contribution in [-0.2, 0) is 13.1 Å². The average molecular weight is 414 g/mol. The first-order chi connectivity index (χ1) is 15.1. The minimum absolute atomic E-state index is 0.0641. The Morgan fingerprint density at radius 1 is 1.00 bits per heavy atom. The van der Waals surface area contributed by atoms with Crippen LogP contribution in [0.1, 0.15) is 11.1 Å². The highest BCUT2D eigenvalue weighted by atomic mass is 19.1. The van der Waals surface area contributed by atoms with E-state index in [2.05, 4.69) is 25.3 Å². The van der Waals surface area contributed by atoms with E-state index < -0.39 is 11.4 Å². The summed E-state index contributed by atoms with van der Waals surface area (Å²) in [5.74, 6) is -0.190. The van der Waals surface area contributed by atoms with Gasteiger partial charge in [-0.05, 0) is 41.5 Å². The lowest BCUT2D eigenvalue weighted by Gasteiger charge is -2.07. The van der Waals surface area contributed by atoms with Crippen molar-refractivity contribution >= 4 is 27.6 Å². The number of aromatic nitrogens is 4. The van der Waals surface area contributed by atoms with Gasteiger partial charge in [0.25, 0.3) is 5.56 Å². The maximum atomic E-state index is 14.3. The summed E-state index contributed by atoms with van der Waals surface area (Å²) in [6.07, 6.45) is 3.57. The molecule has 0 fully saturated rings. The smallest absolute Gasteiger partial charge is 0.261 e. The van der Waals surface area contributed by atoms with Crippen molar-refractivity contribution in [2.75, 3.05) is 5.73 Å². The number of nitrogens with two attached hydrogens (primary N) is 1. The number of benzene rings is 2. The number of hydrogen-bond donors (Lipinski definition) is 4. The fourth-order valence-corrected chi connectivity index (χ4v) is 3.71. The average Bonchev–Trinajstić information content (AvgIpc) is 3.17. The summed E-state index contributed by atoms with van der Waals surface area (Å²) in [6, 6.07) is 14.2. The zero-order chi connectivity index (χ0) is 21.4. The third kappa shape index (κ3) is 3.53. The van der Waals surface area contributed by atoms with Crippen LogP contribution < -0.4 is 16.6 Å². The molecule has 0 aliphatic rings. The second-order valence-corrected chi connectivity index (χ2v) is 7.31. The summed E-state index contributed by atoms with van der Waals surface area (Å²) in [5.41, 5.74) is 9.93. The lowest BCUT2D eigenvalue weighted by molar-refractivity contribution is 0.640. The largest absolute Gasteiger partial charge is 0.397 e. The van der Waals surface area contributed by atoms with Crippen LogP contribution in [0.2, 0.25) is 0 Å². The Morgan fingerprint density at radius 3 is 2.71 bits per heavy atom. The third-order valence-corrected chi connectivity index (χ3v) is 5.19. The van der Waals surface area contributed by atoms with Gasteiger partial charge in [-0.15, -0.1) is 0 Å². The molecule has 2 aromatic carbocycles. The molecule has 31 heavy (non-hydrogen) atoms. The van der Waals surface area contributed by atoms with Crippen molar-refractivity contribution in [3.63, 3.8) is 0 Å². The molecule has 8 heteroatoms. The summed E-state index contributed by atoms with van der Waals surface area (Å²) in [7, 11) is 0. The zero-order valence-corrected chi connectivity index (χ0v) is 16.4. The van der Waals surface area contributed by atoms with E-state index in [0.29, 0.717) is 29.9 Å². The number of hydrogen-bond acceptors (Lipinski definition) is 5. The maximum Gasteiger partial charge on any atom is 0.261 e. The number of rotatable bonds is 5. The van der Waals surface area contributed by atoms with E-state index in [1.165, 1.54) is 12.1 Å². The van der Waals surface area contributed by atoms with Crippen LogP contribution >= 0.6 is 0 Å². The Hall–Kier alpha value is -4.04. The number of nitrogen functional groups attached to an aromatic ring is 1. The van der Waals surface area contributed by atoms with Gasteiger partial charge in [0.2, 0.25) is 0 Å². The van der Waals surface area contributed by atoms with Gasteiger partial charge in [-0.25, -0.2) is 9.37 Å². The van der Waals surface area contributed by atoms with Crippen LogP contribution in [-0.4, -0.2) is 19.9 Å². The Labute approximate surface area is 176 Å². The number of halogens is 1. The third-order valence-electron chi connectivity index (χ3n) is 5.19. The van der Waals surface area contributed by atoms with E-state index >= 15 is 0 Å². The number of fused-ring (bicyclic) bond motifs is 2. The highest BCUT2D eigenvalue weighted by molar-refractivity contribution is 5.98. The monoisotopic (exact) mass is 414 g/mol. The number of H-pyrrole nitrogens is 2. The quantitative estimate of drug-likeness (QED) is 0.352. The standard InChI is InChI=1S/C23H19FN6O/c24-15-4-1-5-17-19(15)21(25)20(23(31)30-17)22-28-16-7-6-13(9-18(16)29-22)10-27-12-14-3-2-8-26-11-14/h1-9,11,27H,10,12H2,(H,28,29)(H3,25,30,31). The van der Waals surface area contributed by atoms with Crippen LogP contribution in [0, 0.1) is 5.82 Å². The summed E-state index contributed by atoms with van der Waals surface area (Å²) >= 11 is 0. The summed E-state index contributed by atoms with van der Waals surface area (Å²) in [6.45, 7) is 1.36. The molecule has 3 heterocycles. The fraction of sp³-hybridized carbons (Fsp3) is 0.0870. The number of anilines is 1. The van der Waals surface area contributed by atoms with Crippen molar-refractivity contribution in [3.05, 3.63) is 88.2 Å². The lowest BCUT2D eigenvalue weighted by Crippen LogP contribution is -2.13. The van der Waals surface area contributed by atoms with Crippen molar-refractivity contribution in [3.8, 4) is 11.4 Å². The molecule has 0 unspecified atom stereocenters. The second-order valence-electron chi connectivity index (χ2n) is 7.31. The SMILES string of the molecule is Nc1c(-c2nc3ccc(CNCc4cccnc4)cc3[nH]2)c(=O)[nH]c2cccc(F)c12. The molecule has 0 spiro atoms. The van der Waals surface area contributed by atoms with E-state index in [1.54, 1.807) is 12.3 Å². The molecule has 0 aliphatic carbocycles. The molecule has 0 saturated carbocycles. The molecular formula is C23H19FN6O. The summed E-state index contributed by atoms with van der Waals surface area (Å²) in [5, 5.41) is 3.55. The zero-order valence-electron chi connectivity index (χ0n) is 16.4. The van der Waals surface area contributed by atoms with Gasteiger partial charge in [-0.1, -0.05) is 18.2 Å². The van der Waals surface area contributed by atoms with Gasteiger partial charge in [-0.3, -0.25) is 9.78 Å². The molecule has 0 aliphatic heterocycles. The molecule has 154 valence electrons. The van der Waals surface area contributed by atoms with Crippen molar-refractivity contribution < 1.29 is 4.39 Å². The molecule has 0 radical (unpaired) electrons. The summed E-state index contributed by atoms with van der Waals surface area (Å²) < 4.78 is 14.3.